The average Bonchev–Trinajstić information content (AvgIpc) is 3.16. The Balaban J connectivity index is 1.70. The van der Waals surface area contributed by atoms with Gasteiger partial charge in [-0.2, -0.15) is 0 Å². The smallest absolute Gasteiger partial charge is 0.218 e. The minimum Gasteiger partial charge on any atom is -0.475 e. The monoisotopic (exact) mass is 278 g/mol. The molecule has 0 radical (unpaired) electrons. The van der Waals surface area contributed by atoms with Gasteiger partial charge in [-0.25, -0.2) is 4.99 Å². The number of nitrogens with zero attached hydrogens (tertiary/aromatic N) is 2. The van der Waals surface area contributed by atoms with Crippen LogP contribution < -0.4 is 0 Å². The van der Waals surface area contributed by atoms with Gasteiger partial charge in [-0.1, -0.05) is 37.3 Å². The van der Waals surface area contributed by atoms with Crippen LogP contribution in [-0.2, 0) is 11.2 Å². The number of fused-ring (bicyclic) bond motifs is 1. The molecule has 0 saturated heterocycles. The van der Waals surface area contributed by atoms with E-state index in [9.17, 15) is 0 Å². The second-order valence-electron chi connectivity index (χ2n) is 5.87. The Morgan fingerprint density at radius 1 is 1.14 bits per heavy atom. The highest BCUT2D eigenvalue weighted by atomic mass is 16.5. The molecule has 3 heteroatoms. The number of hydrogen-bond acceptors (Lipinski definition) is 3. The van der Waals surface area contributed by atoms with Crippen LogP contribution in [0.3, 0.4) is 0 Å². The minimum atomic E-state index is 0.107. The van der Waals surface area contributed by atoms with Crippen molar-refractivity contribution in [2.24, 2.45) is 4.99 Å². The van der Waals surface area contributed by atoms with E-state index in [1.807, 2.05) is 30.6 Å². The number of ether oxygens (including phenoxy) is 1. The van der Waals surface area contributed by atoms with Crippen LogP contribution in [0, 0.1) is 0 Å². The first-order valence-electron chi connectivity index (χ1n) is 7.55. The third-order valence-corrected chi connectivity index (χ3v) is 4.51. The van der Waals surface area contributed by atoms with Gasteiger partial charge < -0.3 is 4.74 Å². The van der Waals surface area contributed by atoms with E-state index in [1.54, 1.807) is 0 Å². The molecule has 1 aromatic carbocycles. The van der Waals surface area contributed by atoms with E-state index in [4.69, 9.17) is 9.73 Å². The zero-order valence-corrected chi connectivity index (χ0v) is 12.1. The molecule has 106 valence electrons. The molecule has 2 heterocycles. The molecule has 2 aliphatic rings. The van der Waals surface area contributed by atoms with Gasteiger partial charge in [-0.3, -0.25) is 4.98 Å². The molecule has 3 nitrogen and oxygen atoms in total. The topological polar surface area (TPSA) is 34.5 Å². The highest BCUT2D eigenvalue weighted by Crippen LogP contribution is 2.35. The van der Waals surface area contributed by atoms with Crippen LogP contribution in [0.25, 0.3) is 0 Å². The lowest BCUT2D eigenvalue weighted by Gasteiger charge is -2.08. The van der Waals surface area contributed by atoms with E-state index in [0.29, 0.717) is 12.5 Å². The lowest BCUT2D eigenvalue weighted by Crippen LogP contribution is -2.06. The average molecular weight is 278 g/mol. The summed E-state index contributed by atoms with van der Waals surface area (Å²) < 4.78 is 5.88. The number of rotatable bonds is 2. The summed E-state index contributed by atoms with van der Waals surface area (Å²) in [4.78, 5) is 9.17. The normalized spacial score (nSPS) is 23.6. The maximum absolute atomic E-state index is 5.88. The van der Waals surface area contributed by atoms with Crippen molar-refractivity contribution in [3.63, 3.8) is 0 Å². The van der Waals surface area contributed by atoms with Gasteiger partial charge in [-0.15, -0.1) is 0 Å². The molecule has 2 aromatic rings. The van der Waals surface area contributed by atoms with Crippen molar-refractivity contribution in [2.75, 3.05) is 6.61 Å². The maximum atomic E-state index is 5.88. The van der Waals surface area contributed by atoms with Crippen molar-refractivity contribution in [3.8, 4) is 0 Å². The maximum Gasteiger partial charge on any atom is 0.218 e. The molecule has 2 atom stereocenters. The Bertz CT molecular complexity index is 694. The fourth-order valence-electron chi connectivity index (χ4n) is 3.27. The van der Waals surface area contributed by atoms with Gasteiger partial charge in [0.15, 0.2) is 0 Å². The van der Waals surface area contributed by atoms with E-state index >= 15 is 0 Å². The summed E-state index contributed by atoms with van der Waals surface area (Å²) in [6.45, 7) is 2.89. The molecule has 0 saturated carbocycles. The summed E-state index contributed by atoms with van der Waals surface area (Å²) >= 11 is 0. The number of aliphatic imine (C=N–C) groups is 1. The quantitative estimate of drug-likeness (QED) is 0.840. The summed E-state index contributed by atoms with van der Waals surface area (Å²) in [7, 11) is 0. The molecular formula is C18H18N2O. The number of pyridine rings is 1. The molecule has 0 spiro atoms. The zero-order valence-electron chi connectivity index (χ0n) is 12.1. The highest BCUT2D eigenvalue weighted by molar-refractivity contribution is 5.96. The van der Waals surface area contributed by atoms with Crippen LogP contribution in [0.15, 0.2) is 47.7 Å². The van der Waals surface area contributed by atoms with Gasteiger partial charge >= 0.3 is 0 Å². The number of hydrogen-bond donors (Lipinski definition) is 0. The summed E-state index contributed by atoms with van der Waals surface area (Å²) in [5.41, 5.74) is 5.05. The molecule has 0 amide bonds. The fraction of sp³-hybridized carbons (Fsp3) is 0.333. The van der Waals surface area contributed by atoms with Crippen LogP contribution in [0.2, 0.25) is 0 Å². The molecular weight excluding hydrogens is 260 g/mol. The van der Waals surface area contributed by atoms with Crippen molar-refractivity contribution in [1.82, 2.24) is 4.98 Å². The van der Waals surface area contributed by atoms with E-state index in [2.05, 4.69) is 24.0 Å². The van der Waals surface area contributed by atoms with Crippen molar-refractivity contribution in [1.29, 1.82) is 0 Å². The largest absolute Gasteiger partial charge is 0.475 e. The van der Waals surface area contributed by atoms with E-state index in [0.717, 1.165) is 17.9 Å². The van der Waals surface area contributed by atoms with Crippen molar-refractivity contribution in [2.45, 2.75) is 31.7 Å². The van der Waals surface area contributed by atoms with E-state index < -0.39 is 0 Å². The Labute approximate surface area is 124 Å². The first-order chi connectivity index (χ1) is 10.3. The van der Waals surface area contributed by atoms with Gasteiger partial charge in [0.05, 0.1) is 5.56 Å². The standard InChI is InChI=1S/C18H18N2O/c1-12-7-8-14-15(12)9-19-10-16(14)18-20-17(11-21-18)13-5-3-2-4-6-13/h2-6,9-10,12,17H,7-8,11H2,1H3/t12-,17-/m0/s1. The summed E-state index contributed by atoms with van der Waals surface area (Å²) in [6.07, 6.45) is 6.21. The molecule has 0 unspecified atom stereocenters. The summed E-state index contributed by atoms with van der Waals surface area (Å²) in [5.74, 6) is 1.36. The van der Waals surface area contributed by atoms with Crippen LogP contribution in [-0.4, -0.2) is 17.5 Å². The molecule has 0 N–H and O–H groups in total. The Kier molecular flexibility index (Phi) is 2.99. The van der Waals surface area contributed by atoms with Gasteiger partial charge in [-0.05, 0) is 35.4 Å². The van der Waals surface area contributed by atoms with Crippen LogP contribution >= 0.6 is 0 Å². The molecule has 21 heavy (non-hydrogen) atoms. The van der Waals surface area contributed by atoms with Gasteiger partial charge in [0.1, 0.15) is 12.6 Å². The summed E-state index contributed by atoms with van der Waals surface area (Å²) in [5, 5.41) is 0. The van der Waals surface area contributed by atoms with Crippen LogP contribution in [0.4, 0.5) is 0 Å². The third-order valence-electron chi connectivity index (χ3n) is 4.51. The summed E-state index contributed by atoms with van der Waals surface area (Å²) in [6, 6.07) is 10.4. The first-order valence-corrected chi connectivity index (χ1v) is 7.55. The van der Waals surface area contributed by atoms with Crippen molar-refractivity contribution in [3.05, 3.63) is 65.0 Å². The Morgan fingerprint density at radius 3 is 2.86 bits per heavy atom. The highest BCUT2D eigenvalue weighted by Gasteiger charge is 2.28. The molecule has 1 aliphatic heterocycles. The van der Waals surface area contributed by atoms with Crippen LogP contribution in [0.5, 0.6) is 0 Å². The Morgan fingerprint density at radius 2 is 2.00 bits per heavy atom. The lowest BCUT2D eigenvalue weighted by atomic mass is 10.0. The number of benzene rings is 1. The SMILES string of the molecule is C[C@H]1CCc2c(C3=N[C@H](c4ccccc4)CO3)cncc21. The van der Waals surface area contributed by atoms with E-state index in [1.165, 1.54) is 23.1 Å². The molecule has 1 aromatic heterocycles. The fourth-order valence-corrected chi connectivity index (χ4v) is 3.27. The first kappa shape index (κ1) is 12.6. The molecule has 4 rings (SSSR count). The second-order valence-corrected chi connectivity index (χ2v) is 5.87. The van der Waals surface area contributed by atoms with Crippen molar-refractivity contribution >= 4 is 5.90 Å². The molecule has 1 aliphatic carbocycles. The Hall–Kier alpha value is -2.16. The van der Waals surface area contributed by atoms with Gasteiger partial charge in [0.25, 0.3) is 0 Å². The molecule has 0 bridgehead atoms. The predicted octanol–water partition coefficient (Wildman–Crippen LogP) is 3.65. The molecule has 0 fully saturated rings. The number of aromatic nitrogens is 1. The van der Waals surface area contributed by atoms with Crippen molar-refractivity contribution < 1.29 is 4.74 Å². The van der Waals surface area contributed by atoms with Crippen LogP contribution in [0.1, 0.15) is 47.6 Å². The van der Waals surface area contributed by atoms with Gasteiger partial charge in [0, 0.05) is 12.4 Å². The minimum absolute atomic E-state index is 0.107. The predicted molar refractivity (Wildman–Crippen MR) is 82.6 cm³/mol. The lowest BCUT2D eigenvalue weighted by molar-refractivity contribution is 0.319. The zero-order chi connectivity index (χ0) is 14.2. The third kappa shape index (κ3) is 2.13. The second kappa shape index (κ2) is 4.99. The van der Waals surface area contributed by atoms with Gasteiger partial charge in [0.2, 0.25) is 5.90 Å². The van der Waals surface area contributed by atoms with E-state index in [-0.39, 0.29) is 6.04 Å².